The van der Waals surface area contributed by atoms with Crippen LogP contribution in [-0.4, -0.2) is 6.17 Å². The van der Waals surface area contributed by atoms with Gasteiger partial charge >= 0.3 is 0 Å². The van der Waals surface area contributed by atoms with Crippen molar-refractivity contribution in [3.8, 4) is 0 Å². The Hall–Kier alpha value is -0.330. The molecule has 0 spiro atoms. The molecule has 1 atom stereocenters. The summed E-state index contributed by atoms with van der Waals surface area (Å²) in [6.07, 6.45) is 13.0. The van der Waals surface area contributed by atoms with Crippen LogP contribution in [0.15, 0.2) is 6.08 Å². The molecular formula is C14H26F. The Kier molecular flexibility index (Phi) is 11.5. The summed E-state index contributed by atoms with van der Waals surface area (Å²) >= 11 is 0. The van der Waals surface area contributed by atoms with E-state index in [2.05, 4.69) is 0 Å². The van der Waals surface area contributed by atoms with Crippen molar-refractivity contribution in [2.45, 2.75) is 77.3 Å². The molecule has 1 radical (unpaired) electrons. The summed E-state index contributed by atoms with van der Waals surface area (Å²) in [5.41, 5.74) is 0. The molecule has 0 aromatic rings. The molecule has 0 saturated heterocycles. The van der Waals surface area contributed by atoms with Crippen LogP contribution in [0, 0.1) is 6.58 Å². The third kappa shape index (κ3) is 13.7. The van der Waals surface area contributed by atoms with Crippen molar-refractivity contribution >= 4 is 0 Å². The predicted molar refractivity (Wildman–Crippen MR) is 65.6 cm³/mol. The van der Waals surface area contributed by atoms with Crippen LogP contribution in [0.3, 0.4) is 0 Å². The van der Waals surface area contributed by atoms with Crippen LogP contribution >= 0.6 is 0 Å². The molecular weight excluding hydrogens is 187 g/mol. The van der Waals surface area contributed by atoms with Gasteiger partial charge in [-0.1, -0.05) is 57.6 Å². The summed E-state index contributed by atoms with van der Waals surface area (Å²) in [4.78, 5) is 0. The largest absolute Gasteiger partial charge is 0.248 e. The molecule has 15 heavy (non-hydrogen) atoms. The number of rotatable bonds is 11. The fourth-order valence-electron chi connectivity index (χ4n) is 1.75. The monoisotopic (exact) mass is 213 g/mol. The number of allylic oxidation sites excluding steroid dienone is 1. The van der Waals surface area contributed by atoms with Gasteiger partial charge in [0.2, 0.25) is 0 Å². The molecule has 0 fully saturated rings. The topological polar surface area (TPSA) is 0 Å². The van der Waals surface area contributed by atoms with Gasteiger partial charge in [0.1, 0.15) is 0 Å². The highest BCUT2D eigenvalue weighted by Crippen LogP contribution is 2.12. The smallest absolute Gasteiger partial charge is 0.0973 e. The van der Waals surface area contributed by atoms with Crippen LogP contribution in [-0.2, 0) is 0 Å². The lowest BCUT2D eigenvalue weighted by atomic mass is 10.1. The standard InChI is InChI=1S/C14H26F/c1-3-4-5-6-7-8-9-10-11-12-13-14(2)15/h1,3,14H,4-13H2,2H3. The SMILES string of the molecule is [CH]=CCCCCCCCCCCC(C)F. The van der Waals surface area contributed by atoms with Gasteiger partial charge < -0.3 is 0 Å². The van der Waals surface area contributed by atoms with Gasteiger partial charge in [-0.25, -0.2) is 4.39 Å². The molecule has 0 saturated carbocycles. The van der Waals surface area contributed by atoms with Crippen molar-refractivity contribution in [1.29, 1.82) is 0 Å². The first kappa shape index (κ1) is 14.7. The van der Waals surface area contributed by atoms with Gasteiger partial charge in [0, 0.05) is 0 Å². The second-order valence-electron chi connectivity index (χ2n) is 4.42. The van der Waals surface area contributed by atoms with Gasteiger partial charge in [0.15, 0.2) is 0 Å². The zero-order chi connectivity index (χ0) is 11.4. The van der Waals surface area contributed by atoms with Crippen molar-refractivity contribution in [2.24, 2.45) is 0 Å². The highest BCUT2D eigenvalue weighted by Gasteiger charge is 1.97. The van der Waals surface area contributed by atoms with Crippen molar-refractivity contribution in [3.63, 3.8) is 0 Å². The quantitative estimate of drug-likeness (QED) is 0.412. The van der Waals surface area contributed by atoms with Gasteiger partial charge in [0.05, 0.1) is 6.17 Å². The molecule has 0 aliphatic heterocycles. The van der Waals surface area contributed by atoms with Crippen LogP contribution in [0.2, 0.25) is 0 Å². The number of hydrogen-bond donors (Lipinski definition) is 0. The second-order valence-corrected chi connectivity index (χ2v) is 4.42. The summed E-state index contributed by atoms with van der Waals surface area (Å²) in [6, 6.07) is 0. The van der Waals surface area contributed by atoms with E-state index in [1.54, 1.807) is 13.0 Å². The number of hydrogen-bond acceptors (Lipinski definition) is 0. The van der Waals surface area contributed by atoms with E-state index in [0.29, 0.717) is 0 Å². The first-order valence-electron chi connectivity index (χ1n) is 6.45. The lowest BCUT2D eigenvalue weighted by molar-refractivity contribution is 0.329. The van der Waals surface area contributed by atoms with Crippen LogP contribution in [0.25, 0.3) is 0 Å². The minimum absolute atomic E-state index is 0.613. The van der Waals surface area contributed by atoms with Crippen LogP contribution < -0.4 is 0 Å². The van der Waals surface area contributed by atoms with Crippen molar-refractivity contribution in [3.05, 3.63) is 12.7 Å². The van der Waals surface area contributed by atoms with Crippen molar-refractivity contribution in [1.82, 2.24) is 0 Å². The minimum Gasteiger partial charge on any atom is -0.248 e. The molecule has 0 amide bonds. The molecule has 0 aromatic heterocycles. The van der Waals surface area contributed by atoms with Crippen LogP contribution in [0.1, 0.15) is 71.1 Å². The molecule has 89 valence electrons. The molecule has 1 heteroatoms. The number of unbranched alkanes of at least 4 members (excludes halogenated alkanes) is 8. The van der Waals surface area contributed by atoms with E-state index in [1.165, 1.54) is 44.9 Å². The summed E-state index contributed by atoms with van der Waals surface area (Å²) in [7, 11) is 0. The van der Waals surface area contributed by atoms with E-state index >= 15 is 0 Å². The summed E-state index contributed by atoms with van der Waals surface area (Å²) in [5.74, 6) is 0. The second kappa shape index (κ2) is 11.7. The molecule has 0 N–H and O–H groups in total. The third-order valence-corrected chi connectivity index (χ3v) is 2.72. The van der Waals surface area contributed by atoms with Gasteiger partial charge in [-0.15, -0.1) is 0 Å². The van der Waals surface area contributed by atoms with Gasteiger partial charge in [-0.3, -0.25) is 0 Å². The molecule has 0 heterocycles. The van der Waals surface area contributed by atoms with E-state index in [0.717, 1.165) is 19.3 Å². The zero-order valence-electron chi connectivity index (χ0n) is 10.2. The first-order valence-corrected chi connectivity index (χ1v) is 6.45. The molecule has 0 rings (SSSR count). The Morgan fingerprint density at radius 2 is 1.40 bits per heavy atom. The van der Waals surface area contributed by atoms with E-state index < -0.39 is 6.17 Å². The summed E-state index contributed by atoms with van der Waals surface area (Å²) in [5, 5.41) is 0. The van der Waals surface area contributed by atoms with Gasteiger partial charge in [0.25, 0.3) is 0 Å². The zero-order valence-corrected chi connectivity index (χ0v) is 10.2. The average molecular weight is 213 g/mol. The van der Waals surface area contributed by atoms with Gasteiger partial charge in [-0.2, -0.15) is 0 Å². The molecule has 0 bridgehead atoms. The van der Waals surface area contributed by atoms with Crippen LogP contribution in [0.4, 0.5) is 4.39 Å². The van der Waals surface area contributed by atoms with E-state index in [9.17, 15) is 4.39 Å². The highest BCUT2D eigenvalue weighted by atomic mass is 19.1. The Morgan fingerprint density at radius 1 is 0.933 bits per heavy atom. The molecule has 0 aromatic carbocycles. The van der Waals surface area contributed by atoms with E-state index in [1.807, 2.05) is 0 Å². The fraction of sp³-hybridized carbons (Fsp3) is 0.857. The number of halogens is 1. The average Bonchev–Trinajstić information content (AvgIpc) is 2.20. The minimum atomic E-state index is -0.613. The summed E-state index contributed by atoms with van der Waals surface area (Å²) in [6.45, 7) is 6.94. The molecule has 0 aliphatic carbocycles. The number of alkyl halides is 1. The summed E-state index contributed by atoms with van der Waals surface area (Å²) < 4.78 is 12.4. The lowest BCUT2D eigenvalue weighted by Crippen LogP contribution is -1.91. The lowest BCUT2D eigenvalue weighted by Gasteiger charge is -2.02. The third-order valence-electron chi connectivity index (χ3n) is 2.72. The predicted octanol–water partition coefficient (Wildman–Crippen LogP) is 5.23. The normalized spacial score (nSPS) is 12.7. The van der Waals surface area contributed by atoms with Gasteiger partial charge in [-0.05, 0) is 26.2 Å². The maximum Gasteiger partial charge on any atom is 0.0973 e. The maximum atomic E-state index is 12.4. The Bertz CT molecular complexity index is 129. The van der Waals surface area contributed by atoms with Crippen molar-refractivity contribution < 1.29 is 4.39 Å². The van der Waals surface area contributed by atoms with Crippen LogP contribution in [0.5, 0.6) is 0 Å². The van der Waals surface area contributed by atoms with E-state index in [4.69, 9.17) is 6.58 Å². The molecule has 0 aliphatic rings. The first-order chi connectivity index (χ1) is 7.27. The Balaban J connectivity index is 2.89. The molecule has 0 nitrogen and oxygen atoms in total. The highest BCUT2D eigenvalue weighted by molar-refractivity contribution is 4.61. The fourth-order valence-corrected chi connectivity index (χ4v) is 1.75. The van der Waals surface area contributed by atoms with E-state index in [-0.39, 0.29) is 0 Å². The Morgan fingerprint density at radius 3 is 1.87 bits per heavy atom. The Labute approximate surface area is 95.0 Å². The maximum absolute atomic E-state index is 12.4. The molecule has 1 unspecified atom stereocenters. The van der Waals surface area contributed by atoms with Crippen molar-refractivity contribution in [2.75, 3.05) is 0 Å².